The molecule has 0 N–H and O–H groups in total. The molecule has 0 radical (unpaired) electrons. The van der Waals surface area contributed by atoms with E-state index in [9.17, 15) is 0 Å². The van der Waals surface area contributed by atoms with E-state index in [1.165, 1.54) is 11.9 Å². The second-order valence-corrected chi connectivity index (χ2v) is 4.65. The van der Waals surface area contributed by atoms with Gasteiger partial charge in [-0.2, -0.15) is 4.98 Å². The van der Waals surface area contributed by atoms with Crippen LogP contribution in [-0.4, -0.2) is 37.3 Å². The number of methoxy groups -OCH3 is 1. The summed E-state index contributed by atoms with van der Waals surface area (Å²) < 4.78 is 5.77. The molecule has 0 spiro atoms. The lowest BCUT2D eigenvalue weighted by Crippen LogP contribution is -2.06. The van der Waals surface area contributed by atoms with Crippen molar-refractivity contribution in [3.8, 4) is 23.2 Å². The molecule has 100 valence electrons. The van der Waals surface area contributed by atoms with E-state index in [2.05, 4.69) is 41.3 Å². The van der Waals surface area contributed by atoms with Gasteiger partial charge in [0.25, 0.3) is 5.95 Å². The van der Waals surface area contributed by atoms with Crippen LogP contribution in [-0.2, 0) is 0 Å². The van der Waals surface area contributed by atoms with Gasteiger partial charge in [-0.05, 0) is 21.1 Å². The maximum Gasteiger partial charge on any atom is 0.273 e. The van der Waals surface area contributed by atoms with E-state index in [1.807, 2.05) is 30.3 Å². The molecule has 0 fully saturated rings. The molecule has 1 aromatic carbocycles. The summed E-state index contributed by atoms with van der Waals surface area (Å²) in [6.45, 7) is 0. The number of halogens is 1. The highest BCUT2D eigenvalue weighted by Gasteiger charge is 2.11. The van der Waals surface area contributed by atoms with Crippen LogP contribution in [0.15, 0.2) is 41.0 Å². The van der Waals surface area contributed by atoms with Gasteiger partial charge in [-0.25, -0.2) is 4.98 Å². The number of ether oxygens (including phenoxy) is 1. The summed E-state index contributed by atoms with van der Waals surface area (Å²) in [6.07, 6.45) is 1.58. The number of hydrogen-bond donors (Lipinski definition) is 0. The molecule has 0 atom stereocenters. The largest absolute Gasteiger partial charge is 0.480 e. The summed E-state index contributed by atoms with van der Waals surface area (Å²) in [5.41, 5.74) is 0.878. The predicted molar refractivity (Wildman–Crippen MR) is 74.4 cm³/mol. The number of benzene rings is 1. The van der Waals surface area contributed by atoms with Crippen molar-refractivity contribution in [3.05, 3.63) is 41.0 Å². The van der Waals surface area contributed by atoms with Crippen molar-refractivity contribution >= 4 is 15.9 Å². The van der Waals surface area contributed by atoms with Crippen LogP contribution in [0.1, 0.15) is 0 Å². The van der Waals surface area contributed by atoms with Gasteiger partial charge in [0.15, 0.2) is 0 Å². The maximum atomic E-state index is 5.11. The molecular weight excluding hydrogens is 324 g/mol. The number of nitrogens with zero attached hydrogens (tertiary/aromatic N) is 6. The zero-order valence-electron chi connectivity index (χ0n) is 10.4. The molecule has 20 heavy (non-hydrogen) atoms. The highest BCUT2D eigenvalue weighted by atomic mass is 79.9. The Kier molecular flexibility index (Phi) is 3.38. The average molecular weight is 333 g/mol. The lowest BCUT2D eigenvalue weighted by molar-refractivity contribution is 0.391. The standard InChI is InChI=1S/C12H9BrN6O/c1-20-11-9(13)7-14-12(15-11)19-17-10(16-18-19)8-5-3-2-4-6-8/h2-7H,1H3. The summed E-state index contributed by atoms with van der Waals surface area (Å²) in [5, 5.41) is 12.2. The molecule has 0 aliphatic heterocycles. The van der Waals surface area contributed by atoms with Gasteiger partial charge < -0.3 is 4.74 Å². The summed E-state index contributed by atoms with van der Waals surface area (Å²) in [7, 11) is 1.53. The molecule has 0 unspecified atom stereocenters. The Hall–Kier alpha value is -2.35. The van der Waals surface area contributed by atoms with Gasteiger partial charge in [-0.15, -0.1) is 10.2 Å². The van der Waals surface area contributed by atoms with Gasteiger partial charge in [0, 0.05) is 5.56 Å². The van der Waals surface area contributed by atoms with Gasteiger partial charge >= 0.3 is 0 Å². The first kappa shape index (κ1) is 12.7. The van der Waals surface area contributed by atoms with Crippen molar-refractivity contribution in [2.75, 3.05) is 7.11 Å². The minimum atomic E-state index is 0.291. The molecule has 3 rings (SSSR count). The number of tetrazole rings is 1. The van der Waals surface area contributed by atoms with Crippen molar-refractivity contribution in [1.82, 2.24) is 30.2 Å². The van der Waals surface area contributed by atoms with Crippen molar-refractivity contribution < 1.29 is 4.74 Å². The van der Waals surface area contributed by atoms with Crippen LogP contribution in [0.25, 0.3) is 17.3 Å². The third kappa shape index (κ3) is 2.37. The van der Waals surface area contributed by atoms with E-state index < -0.39 is 0 Å². The van der Waals surface area contributed by atoms with E-state index in [4.69, 9.17) is 4.74 Å². The molecule has 0 aliphatic rings. The first-order chi connectivity index (χ1) is 9.78. The van der Waals surface area contributed by atoms with Crippen LogP contribution in [0.3, 0.4) is 0 Å². The van der Waals surface area contributed by atoms with Gasteiger partial charge in [-0.3, -0.25) is 0 Å². The number of rotatable bonds is 3. The molecule has 7 nitrogen and oxygen atoms in total. The van der Waals surface area contributed by atoms with Crippen LogP contribution in [0.5, 0.6) is 5.88 Å². The average Bonchev–Trinajstić information content (AvgIpc) is 2.98. The fourth-order valence-electron chi connectivity index (χ4n) is 1.58. The monoisotopic (exact) mass is 332 g/mol. The Bertz CT molecular complexity index is 730. The highest BCUT2D eigenvalue weighted by Crippen LogP contribution is 2.21. The Morgan fingerprint density at radius 1 is 1.20 bits per heavy atom. The summed E-state index contributed by atoms with van der Waals surface area (Å²) in [4.78, 5) is 9.57. The fraction of sp³-hybridized carbons (Fsp3) is 0.0833. The molecule has 0 aliphatic carbocycles. The van der Waals surface area contributed by atoms with Crippen LogP contribution in [0, 0.1) is 0 Å². The van der Waals surface area contributed by atoms with Crippen LogP contribution >= 0.6 is 15.9 Å². The van der Waals surface area contributed by atoms with E-state index in [1.54, 1.807) is 6.20 Å². The molecule has 0 amide bonds. The Morgan fingerprint density at radius 2 is 2.00 bits per heavy atom. The van der Waals surface area contributed by atoms with E-state index >= 15 is 0 Å². The normalized spacial score (nSPS) is 10.5. The van der Waals surface area contributed by atoms with Gasteiger partial charge in [0.2, 0.25) is 11.7 Å². The second-order valence-electron chi connectivity index (χ2n) is 3.80. The first-order valence-electron chi connectivity index (χ1n) is 5.70. The molecule has 8 heteroatoms. The summed E-state index contributed by atoms with van der Waals surface area (Å²) in [6, 6.07) is 9.57. The SMILES string of the molecule is COc1nc(-n2nnc(-c3ccccc3)n2)ncc1Br. The first-order valence-corrected chi connectivity index (χ1v) is 6.49. The summed E-state index contributed by atoms with van der Waals surface area (Å²) >= 11 is 3.29. The topological polar surface area (TPSA) is 78.6 Å². The smallest absolute Gasteiger partial charge is 0.273 e. The Labute approximate surface area is 122 Å². The quantitative estimate of drug-likeness (QED) is 0.728. The van der Waals surface area contributed by atoms with E-state index in [0.29, 0.717) is 22.1 Å². The van der Waals surface area contributed by atoms with E-state index in [0.717, 1.165) is 5.56 Å². The van der Waals surface area contributed by atoms with Gasteiger partial charge in [-0.1, -0.05) is 35.1 Å². The van der Waals surface area contributed by atoms with Crippen LogP contribution in [0.4, 0.5) is 0 Å². The van der Waals surface area contributed by atoms with Gasteiger partial charge in [0.1, 0.15) is 0 Å². The van der Waals surface area contributed by atoms with Crippen molar-refractivity contribution in [2.45, 2.75) is 0 Å². The molecule has 0 saturated heterocycles. The zero-order chi connectivity index (χ0) is 13.9. The van der Waals surface area contributed by atoms with Crippen LogP contribution in [0.2, 0.25) is 0 Å². The van der Waals surface area contributed by atoms with Crippen LogP contribution < -0.4 is 4.74 Å². The molecular formula is C12H9BrN6O. The zero-order valence-corrected chi connectivity index (χ0v) is 12.0. The fourth-order valence-corrected chi connectivity index (χ4v) is 1.94. The Morgan fingerprint density at radius 3 is 2.75 bits per heavy atom. The molecule has 2 heterocycles. The minimum Gasteiger partial charge on any atom is -0.480 e. The van der Waals surface area contributed by atoms with Crippen molar-refractivity contribution in [1.29, 1.82) is 0 Å². The molecule has 0 saturated carbocycles. The molecule has 0 bridgehead atoms. The lowest BCUT2D eigenvalue weighted by Gasteiger charge is -2.02. The molecule has 3 aromatic rings. The molecule has 2 aromatic heterocycles. The number of hydrogen-bond acceptors (Lipinski definition) is 6. The second kappa shape index (κ2) is 5.33. The summed E-state index contributed by atoms with van der Waals surface area (Å²) in [5.74, 6) is 1.21. The predicted octanol–water partition coefficient (Wildman–Crippen LogP) is 1.89. The van der Waals surface area contributed by atoms with Crippen molar-refractivity contribution in [2.24, 2.45) is 0 Å². The third-order valence-electron chi connectivity index (χ3n) is 2.52. The highest BCUT2D eigenvalue weighted by molar-refractivity contribution is 9.10. The van der Waals surface area contributed by atoms with Crippen molar-refractivity contribution in [3.63, 3.8) is 0 Å². The lowest BCUT2D eigenvalue weighted by atomic mass is 10.2. The van der Waals surface area contributed by atoms with E-state index in [-0.39, 0.29) is 0 Å². The maximum absolute atomic E-state index is 5.11. The van der Waals surface area contributed by atoms with Gasteiger partial charge in [0.05, 0.1) is 17.8 Å². The third-order valence-corrected chi connectivity index (χ3v) is 3.06. The number of aromatic nitrogens is 6. The Balaban J connectivity index is 1.98. The minimum absolute atomic E-state index is 0.291.